The molecule has 0 fully saturated rings. The maximum Gasteiger partial charge on any atom is 0.306 e. The highest BCUT2D eigenvalue weighted by molar-refractivity contribution is 5.70. The van der Waals surface area contributed by atoms with E-state index in [2.05, 4.69) is 38.2 Å². The van der Waals surface area contributed by atoms with Crippen molar-refractivity contribution >= 4 is 17.9 Å². The Balaban J connectivity index is 4.41. The summed E-state index contributed by atoms with van der Waals surface area (Å²) in [4.78, 5) is 36.6. The quantitative estimate of drug-likeness (QED) is 0.0293. The van der Waals surface area contributed by atoms with E-state index < -0.39 is 18.1 Å². The number of quaternary nitrogens is 1. The van der Waals surface area contributed by atoms with Crippen molar-refractivity contribution in [3.8, 4) is 0 Å². The van der Waals surface area contributed by atoms with E-state index in [9.17, 15) is 19.5 Å². The number of rotatable bonds is 33. The number of nitrogens with zero attached hydrogens (tertiary/aromatic N) is 1. The lowest BCUT2D eigenvalue weighted by atomic mass is 10.1. The van der Waals surface area contributed by atoms with Gasteiger partial charge in [0.25, 0.3) is 0 Å². The lowest BCUT2D eigenvalue weighted by Gasteiger charge is -2.34. The number of carboxylic acid groups (broad SMARTS) is 1. The summed E-state index contributed by atoms with van der Waals surface area (Å²) in [5, 5.41) is 11.6. The Hall–Kier alpha value is -2.97. The fourth-order valence-electron chi connectivity index (χ4n) is 5.22. The van der Waals surface area contributed by atoms with Crippen molar-refractivity contribution in [3.05, 3.63) is 60.8 Å². The number of hydrogen-bond donors (Lipinski definition) is 0. The van der Waals surface area contributed by atoms with Crippen LogP contribution >= 0.6 is 0 Å². The average molecular weight is 702 g/mol. The van der Waals surface area contributed by atoms with E-state index in [0.29, 0.717) is 12.8 Å². The van der Waals surface area contributed by atoms with Gasteiger partial charge in [0, 0.05) is 19.3 Å². The van der Waals surface area contributed by atoms with Crippen LogP contribution in [-0.4, -0.2) is 75.5 Å². The fraction of sp³-hybridized carbons (Fsp3) is 0.690. The Morgan fingerprint density at radius 2 is 1.10 bits per heavy atom. The van der Waals surface area contributed by atoms with Crippen LogP contribution in [0.4, 0.5) is 0 Å². The molecule has 50 heavy (non-hydrogen) atoms. The van der Waals surface area contributed by atoms with Crippen molar-refractivity contribution in [1.29, 1.82) is 0 Å². The number of esters is 2. The van der Waals surface area contributed by atoms with E-state index in [1.807, 2.05) is 36.5 Å². The van der Waals surface area contributed by atoms with Crippen LogP contribution in [0.1, 0.15) is 136 Å². The lowest BCUT2D eigenvalue weighted by molar-refractivity contribution is -0.889. The van der Waals surface area contributed by atoms with Gasteiger partial charge in [-0.25, -0.2) is 0 Å². The van der Waals surface area contributed by atoms with E-state index in [1.165, 1.54) is 38.5 Å². The Labute approximate surface area is 305 Å². The van der Waals surface area contributed by atoms with Gasteiger partial charge in [0.1, 0.15) is 12.6 Å². The highest BCUT2D eigenvalue weighted by atomic mass is 16.6. The van der Waals surface area contributed by atoms with Crippen molar-refractivity contribution in [2.75, 3.05) is 41.0 Å². The van der Waals surface area contributed by atoms with Gasteiger partial charge in [-0.2, -0.15) is 0 Å². The van der Waals surface area contributed by atoms with E-state index in [-0.39, 0.29) is 42.7 Å². The van der Waals surface area contributed by atoms with E-state index >= 15 is 0 Å². The predicted molar refractivity (Wildman–Crippen MR) is 203 cm³/mol. The average Bonchev–Trinajstić information content (AvgIpc) is 3.06. The first-order valence-electron chi connectivity index (χ1n) is 19.4. The Morgan fingerprint density at radius 3 is 1.64 bits per heavy atom. The number of unbranched alkanes of at least 4 members (excludes halogenated alkanes) is 13. The lowest BCUT2D eigenvalue weighted by Crippen LogP contribution is -2.55. The van der Waals surface area contributed by atoms with Crippen LogP contribution in [0.3, 0.4) is 0 Å². The van der Waals surface area contributed by atoms with E-state index in [4.69, 9.17) is 14.2 Å². The van der Waals surface area contributed by atoms with Gasteiger partial charge in [-0.3, -0.25) is 9.59 Å². The molecule has 0 aromatic rings. The maximum atomic E-state index is 12.6. The van der Waals surface area contributed by atoms with Gasteiger partial charge in [-0.05, 0) is 32.1 Å². The van der Waals surface area contributed by atoms with E-state index in [0.717, 1.165) is 64.2 Å². The molecule has 0 rings (SSSR count). The minimum atomic E-state index is -1.13. The molecule has 0 heterocycles. The fourth-order valence-corrected chi connectivity index (χ4v) is 5.22. The summed E-state index contributed by atoms with van der Waals surface area (Å²) in [6.07, 6.45) is 38.2. The summed E-state index contributed by atoms with van der Waals surface area (Å²) in [5.41, 5.74) is 0. The van der Waals surface area contributed by atoms with Crippen molar-refractivity contribution in [3.63, 3.8) is 0 Å². The van der Waals surface area contributed by atoms with Gasteiger partial charge in [-0.15, -0.1) is 0 Å². The summed E-state index contributed by atoms with van der Waals surface area (Å²) >= 11 is 0. The first-order valence-corrected chi connectivity index (χ1v) is 19.4. The molecule has 0 aliphatic heterocycles. The number of carbonyl (C=O) groups is 3. The molecule has 8 nitrogen and oxygen atoms in total. The first kappa shape index (κ1) is 47.0. The van der Waals surface area contributed by atoms with Gasteiger partial charge < -0.3 is 28.6 Å². The molecule has 0 aromatic carbocycles. The maximum absolute atomic E-state index is 12.6. The molecule has 0 saturated carbocycles. The number of ether oxygens (including phenoxy) is 3. The van der Waals surface area contributed by atoms with Crippen LogP contribution in [0.15, 0.2) is 60.8 Å². The van der Waals surface area contributed by atoms with E-state index in [1.54, 1.807) is 21.1 Å². The second kappa shape index (κ2) is 33.2. The molecular weight excluding hydrogens is 630 g/mol. The standard InChI is InChI=1S/C42H71NO7/c1-6-8-10-12-14-16-17-18-19-20-21-22-23-24-25-27-28-30-32-40(44)49-37-38(36-48-35-34-39(42(46)47)43(3,4)5)50-41(45)33-31-29-26-15-13-11-9-7-2/h10,12,14,16-22,38-39H,6-9,11,13,15,23-37H2,1-5H3/b12-10+,16-14+,18-17+,20-19+,22-21+. The number of allylic oxidation sites excluding steroid dienone is 10. The molecular formula is C42H71NO7. The van der Waals surface area contributed by atoms with Crippen LogP contribution in [0.2, 0.25) is 0 Å². The predicted octanol–water partition coefficient (Wildman–Crippen LogP) is 8.52. The van der Waals surface area contributed by atoms with Crippen LogP contribution < -0.4 is 5.11 Å². The number of aliphatic carboxylic acids is 1. The molecule has 0 amide bonds. The summed E-state index contributed by atoms with van der Waals surface area (Å²) in [6, 6.07) is -0.729. The molecule has 2 unspecified atom stereocenters. The highest BCUT2D eigenvalue weighted by Crippen LogP contribution is 2.13. The molecule has 0 N–H and O–H groups in total. The Morgan fingerprint density at radius 1 is 0.600 bits per heavy atom. The molecule has 0 aromatic heterocycles. The molecule has 2 atom stereocenters. The van der Waals surface area contributed by atoms with Crippen molar-refractivity contribution in [1.82, 2.24) is 0 Å². The molecule has 0 spiro atoms. The normalized spacial score (nSPS) is 13.7. The van der Waals surface area contributed by atoms with Crippen LogP contribution in [0.5, 0.6) is 0 Å². The van der Waals surface area contributed by atoms with Gasteiger partial charge >= 0.3 is 11.9 Å². The first-order chi connectivity index (χ1) is 24.1. The second-order valence-electron chi connectivity index (χ2n) is 13.9. The third-order valence-corrected chi connectivity index (χ3v) is 8.27. The van der Waals surface area contributed by atoms with Gasteiger partial charge in [0.15, 0.2) is 6.10 Å². The van der Waals surface area contributed by atoms with Gasteiger partial charge in [0.05, 0.1) is 40.3 Å². The minimum Gasteiger partial charge on any atom is -0.544 e. The minimum absolute atomic E-state index is 0.0304. The molecule has 0 saturated heterocycles. The van der Waals surface area contributed by atoms with Crippen molar-refractivity contribution < 1.29 is 38.2 Å². The second-order valence-corrected chi connectivity index (χ2v) is 13.9. The molecule has 286 valence electrons. The summed E-state index contributed by atoms with van der Waals surface area (Å²) in [5.74, 6) is -1.78. The number of likely N-dealkylation sites (N-methyl/N-ethyl adjacent to an activating group) is 1. The van der Waals surface area contributed by atoms with Crippen LogP contribution in [0, 0.1) is 0 Å². The molecule has 8 heteroatoms. The van der Waals surface area contributed by atoms with Gasteiger partial charge in [-0.1, -0.05) is 145 Å². The summed E-state index contributed by atoms with van der Waals surface area (Å²) in [6.45, 7) is 4.49. The Kier molecular flexibility index (Phi) is 31.2. The molecule has 0 aliphatic carbocycles. The zero-order valence-corrected chi connectivity index (χ0v) is 32.3. The highest BCUT2D eigenvalue weighted by Gasteiger charge is 2.25. The van der Waals surface area contributed by atoms with Gasteiger partial charge in [0.2, 0.25) is 0 Å². The zero-order valence-electron chi connectivity index (χ0n) is 32.3. The molecule has 0 aliphatic rings. The monoisotopic (exact) mass is 702 g/mol. The molecule has 0 bridgehead atoms. The summed E-state index contributed by atoms with van der Waals surface area (Å²) in [7, 11) is 5.38. The van der Waals surface area contributed by atoms with Crippen molar-refractivity contribution in [2.45, 2.75) is 148 Å². The Bertz CT molecular complexity index is 1010. The number of carboxylic acids is 1. The zero-order chi connectivity index (χ0) is 37.1. The largest absolute Gasteiger partial charge is 0.544 e. The smallest absolute Gasteiger partial charge is 0.306 e. The third kappa shape index (κ3) is 31.0. The molecule has 0 radical (unpaired) electrons. The summed E-state index contributed by atoms with van der Waals surface area (Å²) < 4.78 is 17.0. The number of carbonyl (C=O) groups excluding carboxylic acids is 3. The number of hydrogen-bond acceptors (Lipinski definition) is 7. The van der Waals surface area contributed by atoms with Crippen molar-refractivity contribution in [2.24, 2.45) is 0 Å². The SMILES string of the molecule is CCC/C=C/C=C/C=C/C=C/C=C/CCCCCCCC(=O)OCC(COCCC(C(=O)[O-])[N+](C)(C)C)OC(=O)CCCCCCCCCC. The van der Waals surface area contributed by atoms with Crippen LogP contribution in [0.25, 0.3) is 0 Å². The third-order valence-electron chi connectivity index (χ3n) is 8.27. The topological polar surface area (TPSA) is 102 Å². The van der Waals surface area contributed by atoms with Crippen LogP contribution in [-0.2, 0) is 28.6 Å².